The monoisotopic (exact) mass is 365 g/mol. The fourth-order valence-electron chi connectivity index (χ4n) is 2.92. The van der Waals surface area contributed by atoms with Gasteiger partial charge in [-0.15, -0.1) is 0 Å². The molecule has 0 aliphatic heterocycles. The topological polar surface area (TPSA) is 59.0 Å². The summed E-state index contributed by atoms with van der Waals surface area (Å²) < 4.78 is 11.2. The summed E-state index contributed by atoms with van der Waals surface area (Å²) in [4.78, 5) is 14.8. The molecule has 5 nitrogen and oxygen atoms in total. The number of benzene rings is 1. The summed E-state index contributed by atoms with van der Waals surface area (Å²) in [6.07, 6.45) is 2.94. The quantitative estimate of drug-likeness (QED) is 0.437. The van der Waals surface area contributed by atoms with Gasteiger partial charge in [0.05, 0.1) is 12.2 Å². The van der Waals surface area contributed by atoms with Crippen molar-refractivity contribution in [2.75, 3.05) is 26.3 Å². The Labute approximate surface area is 158 Å². The van der Waals surface area contributed by atoms with Gasteiger partial charge in [-0.05, 0) is 43.6 Å². The first-order valence-electron chi connectivity index (χ1n) is 9.85. The van der Waals surface area contributed by atoms with Crippen molar-refractivity contribution in [1.82, 2.24) is 4.90 Å². The van der Waals surface area contributed by atoms with Crippen LogP contribution < -0.4 is 4.74 Å². The van der Waals surface area contributed by atoms with Crippen molar-refractivity contribution < 1.29 is 19.4 Å². The number of aromatic hydroxyl groups is 1. The summed E-state index contributed by atoms with van der Waals surface area (Å²) in [7, 11) is 0. The highest BCUT2D eigenvalue weighted by atomic mass is 16.5. The zero-order chi connectivity index (χ0) is 19.5. The molecule has 1 N–H and O–H groups in total. The van der Waals surface area contributed by atoms with E-state index in [1.807, 2.05) is 0 Å². The third kappa shape index (κ3) is 6.52. The lowest BCUT2D eigenvalue weighted by atomic mass is 9.98. The Bertz CT molecular complexity index is 543. The molecule has 1 aromatic rings. The number of carbonyl (C=O) groups excluding carboxylic acids is 1. The average Bonchev–Trinajstić information content (AvgIpc) is 2.65. The fourth-order valence-corrected chi connectivity index (χ4v) is 2.92. The van der Waals surface area contributed by atoms with Crippen LogP contribution in [0.2, 0.25) is 0 Å². The maximum atomic E-state index is 12.5. The van der Waals surface area contributed by atoms with Gasteiger partial charge in [0.25, 0.3) is 0 Å². The van der Waals surface area contributed by atoms with Crippen molar-refractivity contribution in [3.05, 3.63) is 23.8 Å². The predicted molar refractivity (Wildman–Crippen MR) is 105 cm³/mol. The highest BCUT2D eigenvalue weighted by Crippen LogP contribution is 2.27. The van der Waals surface area contributed by atoms with Crippen LogP contribution in [0.4, 0.5) is 0 Å². The Balaban J connectivity index is 2.77. The molecule has 0 aliphatic carbocycles. The SMILES string of the molecule is CCCCOc1cc(C(=O)OC[C@H](C(C)CC)N(CC)CC)ccc1O. The standard InChI is InChI=1S/C21H35NO4/c1-6-10-13-25-20-14-17(11-12-19(20)23)21(24)26-15-18(16(5)7-2)22(8-3)9-4/h11-12,14,16,18,23H,6-10,13,15H2,1-5H3/t16?,18-/m1/s1. The summed E-state index contributed by atoms with van der Waals surface area (Å²) in [6.45, 7) is 13.4. The first kappa shape index (κ1) is 22.3. The van der Waals surface area contributed by atoms with Gasteiger partial charge in [0.1, 0.15) is 6.61 Å². The molecule has 0 bridgehead atoms. The maximum Gasteiger partial charge on any atom is 0.338 e. The average molecular weight is 366 g/mol. The lowest BCUT2D eigenvalue weighted by Crippen LogP contribution is -2.43. The molecule has 1 unspecified atom stereocenters. The van der Waals surface area contributed by atoms with Gasteiger partial charge in [-0.1, -0.05) is 47.5 Å². The van der Waals surface area contributed by atoms with Crippen molar-refractivity contribution in [2.24, 2.45) is 5.92 Å². The van der Waals surface area contributed by atoms with Gasteiger partial charge in [-0.3, -0.25) is 4.90 Å². The molecule has 1 rings (SSSR count). The summed E-state index contributed by atoms with van der Waals surface area (Å²) >= 11 is 0. The van der Waals surface area contributed by atoms with E-state index in [0.29, 0.717) is 30.4 Å². The van der Waals surface area contributed by atoms with Crippen LogP contribution in [-0.4, -0.2) is 48.3 Å². The third-order valence-corrected chi connectivity index (χ3v) is 4.92. The zero-order valence-corrected chi connectivity index (χ0v) is 17.0. The van der Waals surface area contributed by atoms with E-state index in [2.05, 4.69) is 39.5 Å². The number of unbranched alkanes of at least 4 members (excludes halogenated alkanes) is 1. The van der Waals surface area contributed by atoms with Crippen LogP contribution in [-0.2, 0) is 4.74 Å². The highest BCUT2D eigenvalue weighted by Gasteiger charge is 2.23. The molecule has 148 valence electrons. The normalized spacial score (nSPS) is 13.5. The van der Waals surface area contributed by atoms with E-state index in [0.717, 1.165) is 32.4 Å². The molecular formula is C21H35NO4. The van der Waals surface area contributed by atoms with Gasteiger partial charge in [-0.25, -0.2) is 4.79 Å². The number of likely N-dealkylation sites (N-methyl/N-ethyl adjacent to an activating group) is 1. The minimum atomic E-state index is -0.384. The van der Waals surface area contributed by atoms with Crippen LogP contribution in [0.15, 0.2) is 18.2 Å². The summed E-state index contributed by atoms with van der Waals surface area (Å²) in [5.74, 6) is 0.426. The molecule has 5 heteroatoms. The Morgan fingerprint density at radius 1 is 1.19 bits per heavy atom. The third-order valence-electron chi connectivity index (χ3n) is 4.92. The van der Waals surface area contributed by atoms with Crippen LogP contribution in [0, 0.1) is 5.92 Å². The number of hydrogen-bond donors (Lipinski definition) is 1. The van der Waals surface area contributed by atoms with Crippen LogP contribution in [0.5, 0.6) is 11.5 Å². The predicted octanol–water partition coefficient (Wildman–Crippen LogP) is 4.48. The molecule has 0 heterocycles. The van der Waals surface area contributed by atoms with E-state index < -0.39 is 0 Å². The number of phenols is 1. The molecule has 2 atom stereocenters. The van der Waals surface area contributed by atoms with E-state index in [1.165, 1.54) is 6.07 Å². The number of nitrogens with zero attached hydrogens (tertiary/aromatic N) is 1. The van der Waals surface area contributed by atoms with Crippen molar-refractivity contribution >= 4 is 5.97 Å². The second-order valence-electron chi connectivity index (χ2n) is 6.66. The molecule has 0 spiro atoms. The van der Waals surface area contributed by atoms with Gasteiger partial charge < -0.3 is 14.6 Å². The smallest absolute Gasteiger partial charge is 0.338 e. The van der Waals surface area contributed by atoms with E-state index in [4.69, 9.17) is 9.47 Å². The number of esters is 1. The Morgan fingerprint density at radius 3 is 2.46 bits per heavy atom. The van der Waals surface area contributed by atoms with Crippen LogP contribution in [0.1, 0.15) is 64.2 Å². The van der Waals surface area contributed by atoms with E-state index in [9.17, 15) is 9.90 Å². The van der Waals surface area contributed by atoms with Gasteiger partial charge in [-0.2, -0.15) is 0 Å². The second-order valence-corrected chi connectivity index (χ2v) is 6.66. The summed E-state index contributed by atoms with van der Waals surface area (Å²) in [5, 5.41) is 9.89. The molecule has 26 heavy (non-hydrogen) atoms. The Kier molecular flexibility index (Phi) is 10.1. The van der Waals surface area contributed by atoms with Gasteiger partial charge >= 0.3 is 5.97 Å². The second kappa shape index (κ2) is 11.8. The fraction of sp³-hybridized carbons (Fsp3) is 0.667. The van der Waals surface area contributed by atoms with E-state index >= 15 is 0 Å². The number of carbonyl (C=O) groups is 1. The summed E-state index contributed by atoms with van der Waals surface area (Å²) in [6, 6.07) is 4.81. The molecular weight excluding hydrogens is 330 g/mol. The number of phenolic OH excluding ortho intramolecular Hbond substituents is 1. The number of rotatable bonds is 12. The number of ether oxygens (including phenoxy) is 2. The van der Waals surface area contributed by atoms with Crippen molar-refractivity contribution in [2.45, 2.75) is 59.9 Å². The Hall–Kier alpha value is -1.75. The molecule has 0 radical (unpaired) electrons. The van der Waals surface area contributed by atoms with Crippen molar-refractivity contribution in [3.63, 3.8) is 0 Å². The van der Waals surface area contributed by atoms with Crippen LogP contribution in [0.25, 0.3) is 0 Å². The first-order valence-corrected chi connectivity index (χ1v) is 9.85. The Morgan fingerprint density at radius 2 is 1.88 bits per heavy atom. The largest absolute Gasteiger partial charge is 0.504 e. The van der Waals surface area contributed by atoms with E-state index in [-0.39, 0.29) is 17.8 Å². The van der Waals surface area contributed by atoms with Crippen molar-refractivity contribution in [3.8, 4) is 11.5 Å². The molecule has 1 aromatic carbocycles. The molecule has 0 saturated carbocycles. The molecule has 0 amide bonds. The minimum absolute atomic E-state index is 0.0401. The van der Waals surface area contributed by atoms with Crippen LogP contribution >= 0.6 is 0 Å². The maximum absolute atomic E-state index is 12.5. The molecule has 0 fully saturated rings. The van der Waals surface area contributed by atoms with Gasteiger partial charge in [0, 0.05) is 6.04 Å². The lowest BCUT2D eigenvalue weighted by Gasteiger charge is -2.33. The minimum Gasteiger partial charge on any atom is -0.504 e. The van der Waals surface area contributed by atoms with Crippen LogP contribution in [0.3, 0.4) is 0 Å². The van der Waals surface area contributed by atoms with E-state index in [1.54, 1.807) is 12.1 Å². The molecule has 0 aromatic heterocycles. The first-order chi connectivity index (χ1) is 12.5. The van der Waals surface area contributed by atoms with Gasteiger partial charge in [0.2, 0.25) is 0 Å². The summed E-state index contributed by atoms with van der Waals surface area (Å²) in [5.41, 5.74) is 0.400. The van der Waals surface area contributed by atoms with Gasteiger partial charge in [0.15, 0.2) is 11.5 Å². The van der Waals surface area contributed by atoms with Crippen molar-refractivity contribution in [1.29, 1.82) is 0 Å². The number of hydrogen-bond acceptors (Lipinski definition) is 5. The molecule has 0 aliphatic rings. The lowest BCUT2D eigenvalue weighted by molar-refractivity contribution is 0.0271. The zero-order valence-electron chi connectivity index (χ0n) is 17.0. The highest BCUT2D eigenvalue weighted by molar-refractivity contribution is 5.90. The molecule has 0 saturated heterocycles.